The minimum atomic E-state index is -0.236. The van der Waals surface area contributed by atoms with Crippen molar-refractivity contribution >= 4 is 5.91 Å². The van der Waals surface area contributed by atoms with E-state index in [0.29, 0.717) is 6.42 Å². The van der Waals surface area contributed by atoms with Crippen LogP contribution in [0.1, 0.15) is 65.0 Å². The van der Waals surface area contributed by atoms with Crippen LogP contribution in [-0.4, -0.2) is 5.91 Å². The summed E-state index contributed by atoms with van der Waals surface area (Å²) in [4.78, 5) is 11.3. The molecule has 0 spiro atoms. The van der Waals surface area contributed by atoms with Crippen LogP contribution in [0.4, 0.5) is 0 Å². The average Bonchev–Trinajstić information content (AvgIpc) is 2.23. The largest absolute Gasteiger partial charge is 0.370 e. The summed E-state index contributed by atoms with van der Waals surface area (Å²) in [5.74, 6) is -0.0705. The molecule has 0 radical (unpaired) electrons. The highest BCUT2D eigenvalue weighted by Crippen LogP contribution is 2.38. The molecule has 1 rings (SSSR count). The van der Waals surface area contributed by atoms with Gasteiger partial charge >= 0.3 is 0 Å². The third-order valence-corrected chi connectivity index (χ3v) is 3.63. The predicted molar refractivity (Wildman–Crippen MR) is 81.1 cm³/mol. The number of rotatable bonds is 3. The van der Waals surface area contributed by atoms with E-state index < -0.39 is 0 Å². The highest BCUT2D eigenvalue weighted by atomic mass is 16.1. The SMILES string of the molecule is CC(C)(C)c1ccc(C(CC(N)=O)C(C)(C)C)cc1. The fourth-order valence-corrected chi connectivity index (χ4v) is 2.34. The molecule has 0 aliphatic heterocycles. The normalized spacial score (nSPS) is 14.2. The number of carbonyl (C=O) groups is 1. The lowest BCUT2D eigenvalue weighted by Gasteiger charge is -2.31. The van der Waals surface area contributed by atoms with Crippen LogP contribution in [0.15, 0.2) is 24.3 Å². The standard InChI is InChI=1S/C17H27NO/c1-16(2,3)13-9-7-12(8-10-13)14(11-15(18)19)17(4,5)6/h7-10,14H,11H2,1-6H3,(H2,18,19). The smallest absolute Gasteiger partial charge is 0.218 e. The highest BCUT2D eigenvalue weighted by molar-refractivity contribution is 5.75. The maximum absolute atomic E-state index is 11.3. The van der Waals surface area contributed by atoms with Gasteiger partial charge in [-0.05, 0) is 27.9 Å². The Hall–Kier alpha value is -1.31. The molecule has 0 bridgehead atoms. The van der Waals surface area contributed by atoms with Crippen LogP contribution in [0.25, 0.3) is 0 Å². The molecule has 0 saturated heterocycles. The molecule has 19 heavy (non-hydrogen) atoms. The molecule has 0 aromatic heterocycles. The van der Waals surface area contributed by atoms with Crippen molar-refractivity contribution < 1.29 is 4.79 Å². The van der Waals surface area contributed by atoms with Gasteiger partial charge in [0.05, 0.1) is 0 Å². The summed E-state index contributed by atoms with van der Waals surface area (Å²) in [6, 6.07) is 8.60. The van der Waals surface area contributed by atoms with Crippen LogP contribution in [0, 0.1) is 5.41 Å². The van der Waals surface area contributed by atoms with Gasteiger partial charge in [-0.25, -0.2) is 0 Å². The number of hydrogen-bond donors (Lipinski definition) is 1. The molecule has 1 aromatic carbocycles. The Bertz CT molecular complexity index is 432. The van der Waals surface area contributed by atoms with E-state index in [4.69, 9.17) is 5.73 Å². The average molecular weight is 261 g/mol. The van der Waals surface area contributed by atoms with E-state index in [1.54, 1.807) is 0 Å². The second-order valence-corrected chi connectivity index (χ2v) is 7.46. The molecule has 0 aliphatic carbocycles. The summed E-state index contributed by atoms with van der Waals surface area (Å²) >= 11 is 0. The first-order valence-electron chi connectivity index (χ1n) is 6.90. The van der Waals surface area contributed by atoms with Crippen molar-refractivity contribution in [3.63, 3.8) is 0 Å². The number of hydrogen-bond acceptors (Lipinski definition) is 1. The van der Waals surface area contributed by atoms with Crippen LogP contribution >= 0.6 is 0 Å². The fraction of sp³-hybridized carbons (Fsp3) is 0.588. The first kappa shape index (κ1) is 15.7. The second kappa shape index (κ2) is 5.36. The highest BCUT2D eigenvalue weighted by Gasteiger charge is 2.28. The van der Waals surface area contributed by atoms with E-state index in [1.807, 2.05) is 0 Å². The van der Waals surface area contributed by atoms with Crippen molar-refractivity contribution in [1.82, 2.24) is 0 Å². The molecule has 2 N–H and O–H groups in total. The predicted octanol–water partition coefficient (Wildman–Crippen LogP) is 3.99. The van der Waals surface area contributed by atoms with Crippen molar-refractivity contribution in [2.75, 3.05) is 0 Å². The van der Waals surface area contributed by atoms with Gasteiger partial charge in [0.25, 0.3) is 0 Å². The molecule has 0 saturated carbocycles. The summed E-state index contributed by atoms with van der Waals surface area (Å²) < 4.78 is 0. The van der Waals surface area contributed by atoms with Crippen LogP contribution in [0.5, 0.6) is 0 Å². The molecule has 0 fully saturated rings. The Morgan fingerprint density at radius 1 is 1.05 bits per heavy atom. The first-order chi connectivity index (χ1) is 8.51. The minimum Gasteiger partial charge on any atom is -0.370 e. The van der Waals surface area contributed by atoms with Crippen LogP contribution in [0.3, 0.4) is 0 Å². The van der Waals surface area contributed by atoms with Crippen molar-refractivity contribution in [2.24, 2.45) is 11.1 Å². The quantitative estimate of drug-likeness (QED) is 0.878. The van der Waals surface area contributed by atoms with Gasteiger partial charge in [0.2, 0.25) is 5.91 Å². The summed E-state index contributed by atoms with van der Waals surface area (Å²) in [6.07, 6.45) is 0.401. The lowest BCUT2D eigenvalue weighted by atomic mass is 9.74. The molecule has 2 heteroatoms. The number of amides is 1. The maximum atomic E-state index is 11.3. The lowest BCUT2D eigenvalue weighted by molar-refractivity contribution is -0.118. The Labute approximate surface area is 117 Å². The fourth-order valence-electron chi connectivity index (χ4n) is 2.34. The zero-order valence-corrected chi connectivity index (χ0v) is 13.1. The molecular weight excluding hydrogens is 234 g/mol. The molecule has 106 valence electrons. The molecule has 2 nitrogen and oxygen atoms in total. The monoisotopic (exact) mass is 261 g/mol. The van der Waals surface area contributed by atoms with Gasteiger partial charge < -0.3 is 5.73 Å². The van der Waals surface area contributed by atoms with E-state index in [9.17, 15) is 4.79 Å². The third-order valence-electron chi connectivity index (χ3n) is 3.63. The maximum Gasteiger partial charge on any atom is 0.218 e. The topological polar surface area (TPSA) is 43.1 Å². The Balaban J connectivity index is 3.08. The van der Waals surface area contributed by atoms with Gasteiger partial charge in [-0.15, -0.1) is 0 Å². The number of primary amides is 1. The van der Waals surface area contributed by atoms with E-state index >= 15 is 0 Å². The lowest BCUT2D eigenvalue weighted by Crippen LogP contribution is -2.25. The zero-order chi connectivity index (χ0) is 14.8. The summed E-state index contributed by atoms with van der Waals surface area (Å²) in [5.41, 5.74) is 8.07. The number of nitrogens with two attached hydrogens (primary N) is 1. The Kier molecular flexibility index (Phi) is 4.44. The summed E-state index contributed by atoms with van der Waals surface area (Å²) in [6.45, 7) is 13.1. The van der Waals surface area contributed by atoms with Crippen molar-refractivity contribution in [1.29, 1.82) is 0 Å². The van der Waals surface area contributed by atoms with Gasteiger partial charge in [-0.2, -0.15) is 0 Å². The molecule has 1 unspecified atom stereocenters. The van der Waals surface area contributed by atoms with E-state index in [1.165, 1.54) is 11.1 Å². The van der Waals surface area contributed by atoms with E-state index in [2.05, 4.69) is 65.8 Å². The molecular formula is C17H27NO. The van der Waals surface area contributed by atoms with Crippen LogP contribution in [-0.2, 0) is 10.2 Å². The molecule has 1 aromatic rings. The minimum absolute atomic E-state index is 0.0261. The third kappa shape index (κ3) is 4.38. The summed E-state index contributed by atoms with van der Waals surface area (Å²) in [7, 11) is 0. The van der Waals surface area contributed by atoms with Crippen molar-refractivity contribution in [3.05, 3.63) is 35.4 Å². The summed E-state index contributed by atoms with van der Waals surface area (Å²) in [5, 5.41) is 0. The second-order valence-electron chi connectivity index (χ2n) is 7.46. The number of benzene rings is 1. The zero-order valence-electron chi connectivity index (χ0n) is 13.1. The molecule has 0 heterocycles. The van der Waals surface area contributed by atoms with Gasteiger partial charge in [-0.3, -0.25) is 4.79 Å². The van der Waals surface area contributed by atoms with Gasteiger partial charge in [0.15, 0.2) is 0 Å². The van der Waals surface area contributed by atoms with Gasteiger partial charge in [0.1, 0.15) is 0 Å². The van der Waals surface area contributed by atoms with Crippen molar-refractivity contribution in [2.45, 2.75) is 59.3 Å². The molecule has 1 atom stereocenters. The van der Waals surface area contributed by atoms with E-state index in [0.717, 1.165) is 0 Å². The van der Waals surface area contributed by atoms with E-state index in [-0.39, 0.29) is 22.7 Å². The molecule has 1 amide bonds. The number of carbonyl (C=O) groups excluding carboxylic acids is 1. The molecule has 0 aliphatic rings. The Morgan fingerprint density at radius 2 is 1.53 bits per heavy atom. The van der Waals surface area contributed by atoms with Gasteiger partial charge in [-0.1, -0.05) is 65.8 Å². The van der Waals surface area contributed by atoms with Crippen LogP contribution < -0.4 is 5.73 Å². The van der Waals surface area contributed by atoms with Crippen molar-refractivity contribution in [3.8, 4) is 0 Å². The van der Waals surface area contributed by atoms with Crippen LogP contribution in [0.2, 0.25) is 0 Å². The Morgan fingerprint density at radius 3 is 1.84 bits per heavy atom. The first-order valence-corrected chi connectivity index (χ1v) is 6.90. The van der Waals surface area contributed by atoms with Gasteiger partial charge in [0, 0.05) is 6.42 Å².